The summed E-state index contributed by atoms with van der Waals surface area (Å²) in [6, 6.07) is 8.46. The van der Waals surface area contributed by atoms with E-state index in [1.165, 1.54) is 6.07 Å². The zero-order valence-electron chi connectivity index (χ0n) is 8.03. The van der Waals surface area contributed by atoms with Crippen molar-refractivity contribution < 1.29 is 9.90 Å². The highest BCUT2D eigenvalue weighted by atomic mass is 16.3. The minimum absolute atomic E-state index is 0.0135. The Bertz CT molecular complexity index is 444. The highest BCUT2D eigenvalue weighted by Gasteiger charge is 2.50. The number of phenolic OH excluding ortho intramolecular Hbond substituents is 1. The van der Waals surface area contributed by atoms with Crippen molar-refractivity contribution in [2.75, 3.05) is 5.32 Å². The predicted octanol–water partition coefficient (Wildman–Crippen LogP) is 1.63. The Labute approximate surface area is 87.1 Å². The summed E-state index contributed by atoms with van der Waals surface area (Å²) in [6.45, 7) is 0. The van der Waals surface area contributed by atoms with Crippen LogP contribution in [0, 0.1) is 16.7 Å². The average Bonchev–Trinajstić information content (AvgIpc) is 3.02. The Morgan fingerprint density at radius 3 is 2.67 bits per heavy atom. The number of carbonyl (C=O) groups is 1. The summed E-state index contributed by atoms with van der Waals surface area (Å²) in [5.41, 5.74) is -0.508. The number of nitrogens with one attached hydrogen (secondary N) is 1. The van der Waals surface area contributed by atoms with Crippen molar-refractivity contribution in [1.29, 1.82) is 5.26 Å². The van der Waals surface area contributed by atoms with E-state index in [1.54, 1.807) is 18.2 Å². The molecule has 4 heteroatoms. The number of aromatic hydroxyl groups is 1. The SMILES string of the molecule is N#CC1(C(=O)Nc2ccccc2O)CC1. The summed E-state index contributed by atoms with van der Waals surface area (Å²) in [5.74, 6) is -0.314. The van der Waals surface area contributed by atoms with Gasteiger partial charge in [0, 0.05) is 0 Å². The number of amides is 1. The van der Waals surface area contributed by atoms with Gasteiger partial charge in [-0.05, 0) is 25.0 Å². The van der Waals surface area contributed by atoms with Crippen LogP contribution in [0.2, 0.25) is 0 Å². The summed E-state index contributed by atoms with van der Waals surface area (Å²) in [6.07, 6.45) is 1.20. The van der Waals surface area contributed by atoms with Crippen LogP contribution in [0.15, 0.2) is 24.3 Å². The lowest BCUT2D eigenvalue weighted by Crippen LogP contribution is -2.22. The fourth-order valence-electron chi connectivity index (χ4n) is 1.34. The molecule has 1 aliphatic carbocycles. The van der Waals surface area contributed by atoms with Crippen LogP contribution < -0.4 is 5.32 Å². The largest absolute Gasteiger partial charge is 0.506 e. The molecule has 0 radical (unpaired) electrons. The monoisotopic (exact) mass is 202 g/mol. The molecule has 0 aromatic heterocycles. The molecule has 76 valence electrons. The molecule has 0 bridgehead atoms. The highest BCUT2D eigenvalue weighted by Crippen LogP contribution is 2.46. The van der Waals surface area contributed by atoms with Crippen LogP contribution in [-0.4, -0.2) is 11.0 Å². The quantitative estimate of drug-likeness (QED) is 0.716. The standard InChI is InChI=1S/C11H10N2O2/c12-7-11(5-6-11)10(15)13-8-3-1-2-4-9(8)14/h1-4,14H,5-6H2,(H,13,15). The minimum Gasteiger partial charge on any atom is -0.506 e. The Morgan fingerprint density at radius 2 is 2.13 bits per heavy atom. The molecule has 0 aliphatic heterocycles. The van der Waals surface area contributed by atoms with Crippen molar-refractivity contribution in [3.05, 3.63) is 24.3 Å². The van der Waals surface area contributed by atoms with E-state index in [0.717, 1.165) is 0 Å². The lowest BCUT2D eigenvalue weighted by atomic mass is 10.1. The first-order valence-corrected chi connectivity index (χ1v) is 4.69. The van der Waals surface area contributed by atoms with E-state index in [-0.39, 0.29) is 11.7 Å². The van der Waals surface area contributed by atoms with Crippen molar-refractivity contribution in [3.63, 3.8) is 0 Å². The van der Waals surface area contributed by atoms with Gasteiger partial charge >= 0.3 is 0 Å². The lowest BCUT2D eigenvalue weighted by molar-refractivity contribution is -0.119. The van der Waals surface area contributed by atoms with Crippen LogP contribution in [0.1, 0.15) is 12.8 Å². The first kappa shape index (κ1) is 9.53. The van der Waals surface area contributed by atoms with Crippen molar-refractivity contribution in [1.82, 2.24) is 0 Å². The Morgan fingerprint density at radius 1 is 1.47 bits per heavy atom. The third-order valence-corrected chi connectivity index (χ3v) is 2.55. The second-order valence-electron chi connectivity index (χ2n) is 3.67. The first-order chi connectivity index (χ1) is 7.18. The van der Waals surface area contributed by atoms with Crippen LogP contribution in [0.3, 0.4) is 0 Å². The molecule has 4 nitrogen and oxygen atoms in total. The lowest BCUT2D eigenvalue weighted by Gasteiger charge is -2.08. The number of para-hydroxylation sites is 2. The third-order valence-electron chi connectivity index (χ3n) is 2.55. The second-order valence-corrected chi connectivity index (χ2v) is 3.67. The molecule has 0 spiro atoms. The summed E-state index contributed by atoms with van der Waals surface area (Å²) in [5, 5.41) is 20.8. The van der Waals surface area contributed by atoms with Gasteiger partial charge < -0.3 is 10.4 Å². The molecule has 0 heterocycles. The van der Waals surface area contributed by atoms with Gasteiger partial charge in [0.15, 0.2) is 0 Å². The Kier molecular flexibility index (Phi) is 2.09. The van der Waals surface area contributed by atoms with E-state index in [4.69, 9.17) is 5.26 Å². The number of nitrogens with zero attached hydrogens (tertiary/aromatic N) is 1. The van der Waals surface area contributed by atoms with Gasteiger partial charge in [-0.1, -0.05) is 12.1 Å². The fourth-order valence-corrected chi connectivity index (χ4v) is 1.34. The summed E-state index contributed by atoms with van der Waals surface area (Å²) in [4.78, 5) is 11.6. The van der Waals surface area contributed by atoms with Crippen LogP contribution in [-0.2, 0) is 4.79 Å². The van der Waals surface area contributed by atoms with Gasteiger partial charge in [-0.3, -0.25) is 4.79 Å². The normalized spacial score (nSPS) is 16.5. The maximum Gasteiger partial charge on any atom is 0.244 e. The molecule has 0 atom stereocenters. The number of anilines is 1. The molecule has 1 saturated carbocycles. The maximum absolute atomic E-state index is 11.6. The zero-order valence-corrected chi connectivity index (χ0v) is 8.03. The Hall–Kier alpha value is -2.02. The second kappa shape index (κ2) is 3.28. The average molecular weight is 202 g/mol. The zero-order chi connectivity index (χ0) is 10.9. The number of rotatable bonds is 2. The van der Waals surface area contributed by atoms with Gasteiger partial charge in [-0.25, -0.2) is 0 Å². The highest BCUT2D eigenvalue weighted by molar-refractivity contribution is 6.00. The number of hydrogen-bond acceptors (Lipinski definition) is 3. The van der Waals surface area contributed by atoms with Crippen molar-refractivity contribution in [2.24, 2.45) is 5.41 Å². The minimum atomic E-state index is -0.859. The topological polar surface area (TPSA) is 73.1 Å². The van der Waals surface area contributed by atoms with Crippen LogP contribution in [0.25, 0.3) is 0 Å². The summed E-state index contributed by atoms with van der Waals surface area (Å²) in [7, 11) is 0. The van der Waals surface area contributed by atoms with Crippen molar-refractivity contribution >= 4 is 11.6 Å². The third kappa shape index (κ3) is 1.64. The number of benzene rings is 1. The molecule has 1 aromatic carbocycles. The molecular formula is C11H10N2O2. The molecule has 2 N–H and O–H groups in total. The molecule has 1 fully saturated rings. The van der Waals surface area contributed by atoms with Gasteiger partial charge in [0.05, 0.1) is 11.8 Å². The van der Waals surface area contributed by atoms with Gasteiger partial charge in [0.1, 0.15) is 11.2 Å². The first-order valence-electron chi connectivity index (χ1n) is 4.69. The van der Waals surface area contributed by atoms with E-state index in [0.29, 0.717) is 18.5 Å². The van der Waals surface area contributed by atoms with Crippen molar-refractivity contribution in [3.8, 4) is 11.8 Å². The molecule has 1 aliphatic rings. The van der Waals surface area contributed by atoms with Crippen LogP contribution in [0.5, 0.6) is 5.75 Å². The number of carbonyl (C=O) groups excluding carboxylic acids is 1. The summed E-state index contributed by atoms with van der Waals surface area (Å²) < 4.78 is 0. The van der Waals surface area contributed by atoms with Crippen molar-refractivity contribution in [2.45, 2.75) is 12.8 Å². The predicted molar refractivity (Wildman–Crippen MR) is 54.0 cm³/mol. The van der Waals surface area contributed by atoms with Gasteiger partial charge in [0.25, 0.3) is 0 Å². The number of nitriles is 1. The molecule has 1 aromatic rings. The van der Waals surface area contributed by atoms with E-state index in [1.807, 2.05) is 6.07 Å². The molecule has 1 amide bonds. The van der Waals surface area contributed by atoms with Crippen LogP contribution >= 0.6 is 0 Å². The molecular weight excluding hydrogens is 192 g/mol. The number of phenols is 1. The molecule has 0 unspecified atom stereocenters. The number of hydrogen-bond donors (Lipinski definition) is 2. The molecule has 2 rings (SSSR count). The smallest absolute Gasteiger partial charge is 0.244 e. The van der Waals surface area contributed by atoms with Gasteiger partial charge in [-0.15, -0.1) is 0 Å². The van der Waals surface area contributed by atoms with E-state index in [2.05, 4.69) is 5.32 Å². The molecule has 15 heavy (non-hydrogen) atoms. The van der Waals surface area contributed by atoms with E-state index >= 15 is 0 Å². The Balaban J connectivity index is 2.14. The van der Waals surface area contributed by atoms with E-state index in [9.17, 15) is 9.90 Å². The summed E-state index contributed by atoms with van der Waals surface area (Å²) >= 11 is 0. The molecule has 0 saturated heterocycles. The van der Waals surface area contributed by atoms with Gasteiger partial charge in [-0.2, -0.15) is 5.26 Å². The maximum atomic E-state index is 11.6. The van der Waals surface area contributed by atoms with Crippen LogP contribution in [0.4, 0.5) is 5.69 Å². The fraction of sp³-hybridized carbons (Fsp3) is 0.273. The van der Waals surface area contributed by atoms with E-state index < -0.39 is 5.41 Å². The van der Waals surface area contributed by atoms with Gasteiger partial charge in [0.2, 0.25) is 5.91 Å².